The van der Waals surface area contributed by atoms with Gasteiger partial charge in [-0.3, -0.25) is 0 Å². The zero-order valence-electron chi connectivity index (χ0n) is 12.0. The molecule has 1 saturated heterocycles. The summed E-state index contributed by atoms with van der Waals surface area (Å²) in [6.45, 7) is 7.97. The Balaban J connectivity index is 2.17. The fraction of sp³-hybridized carbons (Fsp3) is 0.667. The molecule has 1 aromatic heterocycles. The molecule has 2 rings (SSSR count). The van der Waals surface area contributed by atoms with E-state index in [9.17, 15) is 0 Å². The number of piperidine rings is 1. The van der Waals surface area contributed by atoms with Crippen molar-refractivity contribution in [2.75, 3.05) is 18.5 Å². The lowest BCUT2D eigenvalue weighted by Crippen LogP contribution is -2.40. The number of rotatable bonds is 3. The van der Waals surface area contributed by atoms with E-state index in [1.807, 2.05) is 13.2 Å². The van der Waals surface area contributed by atoms with Gasteiger partial charge in [-0.05, 0) is 57.4 Å². The summed E-state index contributed by atoms with van der Waals surface area (Å²) in [5.74, 6) is 1.98. The molecule has 1 N–H and O–H groups in total. The van der Waals surface area contributed by atoms with Crippen molar-refractivity contribution in [3.63, 3.8) is 0 Å². The summed E-state index contributed by atoms with van der Waals surface area (Å²) in [6.07, 6.45) is 4.48. The van der Waals surface area contributed by atoms with Gasteiger partial charge in [0.2, 0.25) is 0 Å². The second-order valence-corrected chi connectivity index (χ2v) is 5.63. The van der Waals surface area contributed by atoms with Crippen molar-refractivity contribution in [2.45, 2.75) is 45.7 Å². The van der Waals surface area contributed by atoms with E-state index >= 15 is 0 Å². The highest BCUT2D eigenvalue weighted by Gasteiger charge is 2.24. The number of nitrogens with one attached hydrogen (secondary N) is 1. The van der Waals surface area contributed by atoms with Crippen LogP contribution in [0.1, 0.15) is 45.2 Å². The van der Waals surface area contributed by atoms with Gasteiger partial charge in [0.05, 0.1) is 0 Å². The third kappa shape index (κ3) is 2.83. The summed E-state index contributed by atoms with van der Waals surface area (Å²) in [4.78, 5) is 7.00. The molecule has 0 spiro atoms. The lowest BCUT2D eigenvalue weighted by molar-refractivity contribution is 0.376. The van der Waals surface area contributed by atoms with Crippen molar-refractivity contribution in [1.29, 1.82) is 0 Å². The fourth-order valence-corrected chi connectivity index (χ4v) is 2.77. The van der Waals surface area contributed by atoms with Gasteiger partial charge >= 0.3 is 0 Å². The molecule has 18 heavy (non-hydrogen) atoms. The van der Waals surface area contributed by atoms with Crippen molar-refractivity contribution >= 4 is 5.82 Å². The molecule has 100 valence electrons. The summed E-state index contributed by atoms with van der Waals surface area (Å²) >= 11 is 0. The van der Waals surface area contributed by atoms with Gasteiger partial charge in [-0.15, -0.1) is 0 Å². The van der Waals surface area contributed by atoms with E-state index in [4.69, 9.17) is 0 Å². The first-order valence-electron chi connectivity index (χ1n) is 7.01. The van der Waals surface area contributed by atoms with E-state index < -0.39 is 0 Å². The van der Waals surface area contributed by atoms with Crippen LogP contribution in [0.4, 0.5) is 5.82 Å². The maximum atomic E-state index is 4.55. The van der Waals surface area contributed by atoms with Crippen LogP contribution in [0.5, 0.6) is 0 Å². The summed E-state index contributed by atoms with van der Waals surface area (Å²) in [5, 5.41) is 3.28. The number of nitrogens with zero attached hydrogens (tertiary/aromatic N) is 2. The van der Waals surface area contributed by atoms with Gasteiger partial charge in [0.1, 0.15) is 5.82 Å². The fourth-order valence-electron chi connectivity index (χ4n) is 2.77. The Hall–Kier alpha value is -1.09. The van der Waals surface area contributed by atoms with Crippen LogP contribution in [-0.2, 0) is 0 Å². The first-order chi connectivity index (χ1) is 8.61. The number of aromatic nitrogens is 1. The van der Waals surface area contributed by atoms with Crippen molar-refractivity contribution < 1.29 is 0 Å². The molecule has 1 aromatic rings. The van der Waals surface area contributed by atoms with Crippen molar-refractivity contribution in [1.82, 2.24) is 10.3 Å². The van der Waals surface area contributed by atoms with E-state index in [1.54, 1.807) is 0 Å². The summed E-state index contributed by atoms with van der Waals surface area (Å²) in [6, 6.07) is 5.31. The maximum Gasteiger partial charge on any atom is 0.129 e. The Kier molecular flexibility index (Phi) is 4.23. The molecule has 1 aliphatic rings. The van der Waals surface area contributed by atoms with Crippen LogP contribution >= 0.6 is 0 Å². The van der Waals surface area contributed by atoms with Crippen LogP contribution in [-0.4, -0.2) is 24.6 Å². The zero-order valence-corrected chi connectivity index (χ0v) is 12.0. The van der Waals surface area contributed by atoms with Crippen LogP contribution in [0.3, 0.4) is 0 Å². The molecule has 3 atom stereocenters. The molecule has 0 aliphatic carbocycles. The van der Waals surface area contributed by atoms with E-state index in [0.717, 1.165) is 18.3 Å². The molecular weight excluding hydrogens is 222 g/mol. The molecule has 0 aromatic carbocycles. The molecule has 2 heterocycles. The molecule has 3 nitrogen and oxygen atoms in total. The number of hydrogen-bond donors (Lipinski definition) is 1. The second kappa shape index (κ2) is 5.70. The van der Waals surface area contributed by atoms with Gasteiger partial charge in [0.25, 0.3) is 0 Å². The zero-order chi connectivity index (χ0) is 13.1. The highest BCUT2D eigenvalue weighted by molar-refractivity contribution is 5.43. The summed E-state index contributed by atoms with van der Waals surface area (Å²) in [5.41, 5.74) is 1.31. The molecule has 0 saturated carbocycles. The molecule has 1 fully saturated rings. The maximum absolute atomic E-state index is 4.55. The third-order valence-corrected chi connectivity index (χ3v) is 4.14. The topological polar surface area (TPSA) is 28.2 Å². The highest BCUT2D eigenvalue weighted by Crippen LogP contribution is 2.27. The Labute approximate surface area is 111 Å². The van der Waals surface area contributed by atoms with Crippen LogP contribution < -0.4 is 10.2 Å². The monoisotopic (exact) mass is 247 g/mol. The predicted octanol–water partition coefficient (Wildman–Crippen LogP) is 2.99. The molecule has 0 bridgehead atoms. The van der Waals surface area contributed by atoms with Crippen LogP contribution in [0.2, 0.25) is 0 Å². The first kappa shape index (κ1) is 13.3. The van der Waals surface area contributed by atoms with E-state index in [2.05, 4.69) is 48.1 Å². The smallest absolute Gasteiger partial charge is 0.129 e. The highest BCUT2D eigenvalue weighted by atomic mass is 15.2. The van der Waals surface area contributed by atoms with Crippen molar-refractivity contribution in [3.8, 4) is 0 Å². The largest absolute Gasteiger partial charge is 0.354 e. The second-order valence-electron chi connectivity index (χ2n) is 5.63. The van der Waals surface area contributed by atoms with Gasteiger partial charge in [0.15, 0.2) is 0 Å². The molecule has 0 radical (unpaired) electrons. The van der Waals surface area contributed by atoms with Gasteiger partial charge in [-0.2, -0.15) is 0 Å². The Morgan fingerprint density at radius 2 is 2.22 bits per heavy atom. The molecular formula is C15H25N3. The van der Waals surface area contributed by atoms with Crippen LogP contribution in [0.15, 0.2) is 18.3 Å². The lowest BCUT2D eigenvalue weighted by atomic mass is 9.93. The van der Waals surface area contributed by atoms with Gasteiger partial charge in [-0.25, -0.2) is 4.98 Å². The minimum Gasteiger partial charge on any atom is -0.354 e. The minimum atomic E-state index is 0.380. The first-order valence-corrected chi connectivity index (χ1v) is 7.01. The number of pyridine rings is 1. The molecule has 3 heteroatoms. The molecule has 0 amide bonds. The number of anilines is 1. The van der Waals surface area contributed by atoms with Crippen molar-refractivity contribution in [2.24, 2.45) is 5.92 Å². The Morgan fingerprint density at radius 3 is 2.89 bits per heavy atom. The van der Waals surface area contributed by atoms with E-state index in [1.165, 1.54) is 18.4 Å². The molecule has 3 unspecified atom stereocenters. The predicted molar refractivity (Wildman–Crippen MR) is 76.9 cm³/mol. The minimum absolute atomic E-state index is 0.380. The summed E-state index contributed by atoms with van der Waals surface area (Å²) in [7, 11) is 2.00. The quantitative estimate of drug-likeness (QED) is 0.890. The van der Waals surface area contributed by atoms with Gasteiger partial charge in [-0.1, -0.05) is 6.92 Å². The lowest BCUT2D eigenvalue weighted by Gasteiger charge is -2.37. The van der Waals surface area contributed by atoms with E-state index in [0.29, 0.717) is 12.1 Å². The van der Waals surface area contributed by atoms with Crippen molar-refractivity contribution in [3.05, 3.63) is 23.9 Å². The molecule has 1 aliphatic heterocycles. The average molecular weight is 247 g/mol. The van der Waals surface area contributed by atoms with Crippen LogP contribution in [0, 0.1) is 5.92 Å². The summed E-state index contributed by atoms with van der Waals surface area (Å²) < 4.78 is 0. The number of hydrogen-bond acceptors (Lipinski definition) is 3. The standard InChI is InChI=1S/C15H25N3/c1-11-6-8-18(12(2)9-11)15-10-14(5-7-17-15)13(3)16-4/h5,7,10-13,16H,6,8-9H2,1-4H3. The Morgan fingerprint density at radius 1 is 1.44 bits per heavy atom. The third-order valence-electron chi connectivity index (χ3n) is 4.14. The van der Waals surface area contributed by atoms with Crippen LogP contribution in [0.25, 0.3) is 0 Å². The normalized spacial score (nSPS) is 26.1. The SMILES string of the molecule is CNC(C)c1ccnc(N2CCC(C)CC2C)c1. The Bertz CT molecular complexity index is 391. The van der Waals surface area contributed by atoms with Gasteiger partial charge in [0, 0.05) is 24.8 Å². The van der Waals surface area contributed by atoms with Gasteiger partial charge < -0.3 is 10.2 Å². The average Bonchev–Trinajstić information content (AvgIpc) is 2.38. The van der Waals surface area contributed by atoms with E-state index in [-0.39, 0.29) is 0 Å².